The second kappa shape index (κ2) is 9.30. The zero-order chi connectivity index (χ0) is 21.6. The highest BCUT2D eigenvalue weighted by atomic mass is 16.5. The number of nitrogens with one attached hydrogen (secondary N) is 1. The number of benzene rings is 2. The van der Waals surface area contributed by atoms with Crippen molar-refractivity contribution in [3.05, 3.63) is 96.1 Å². The summed E-state index contributed by atoms with van der Waals surface area (Å²) in [4.78, 5) is 12.6. The third-order valence-electron chi connectivity index (χ3n) is 4.87. The van der Waals surface area contributed by atoms with E-state index in [0.29, 0.717) is 23.8 Å². The first kappa shape index (κ1) is 20.4. The zero-order valence-electron chi connectivity index (χ0n) is 17.6. The number of ether oxygens (including phenoxy) is 1. The van der Waals surface area contributed by atoms with Crippen molar-refractivity contribution in [2.45, 2.75) is 33.0 Å². The van der Waals surface area contributed by atoms with Crippen LogP contribution in [-0.2, 0) is 13.3 Å². The van der Waals surface area contributed by atoms with Gasteiger partial charge < -0.3 is 10.1 Å². The van der Waals surface area contributed by atoms with Crippen LogP contribution in [0.4, 0.5) is 5.69 Å². The number of anilines is 1. The molecule has 0 bridgehead atoms. The van der Waals surface area contributed by atoms with E-state index in [-0.39, 0.29) is 12.6 Å². The normalized spacial score (nSPS) is 10.9. The first-order chi connectivity index (χ1) is 15.1. The van der Waals surface area contributed by atoms with Crippen LogP contribution in [0, 0.1) is 0 Å². The lowest BCUT2D eigenvalue weighted by Gasteiger charge is -2.09. The quantitative estimate of drug-likeness (QED) is 0.458. The molecule has 0 spiro atoms. The van der Waals surface area contributed by atoms with Crippen molar-refractivity contribution in [3.63, 3.8) is 0 Å². The predicted octanol–water partition coefficient (Wildman–Crippen LogP) is 4.54. The smallest absolute Gasteiger partial charge is 0.276 e. The van der Waals surface area contributed by atoms with Crippen molar-refractivity contribution >= 4 is 11.6 Å². The van der Waals surface area contributed by atoms with Crippen molar-refractivity contribution < 1.29 is 9.53 Å². The van der Waals surface area contributed by atoms with Gasteiger partial charge in [0, 0.05) is 24.3 Å². The molecule has 0 aliphatic carbocycles. The van der Waals surface area contributed by atoms with Crippen LogP contribution in [0.3, 0.4) is 0 Å². The molecule has 2 aromatic heterocycles. The lowest BCUT2D eigenvalue weighted by molar-refractivity contribution is 0.102. The Kier molecular flexibility index (Phi) is 6.12. The first-order valence-electron chi connectivity index (χ1n) is 10.2. The number of amides is 1. The molecule has 0 radical (unpaired) electrons. The topological polar surface area (TPSA) is 74.0 Å². The molecule has 0 saturated carbocycles. The Hall–Kier alpha value is -3.87. The van der Waals surface area contributed by atoms with Crippen molar-refractivity contribution in [3.8, 4) is 5.75 Å². The number of nitrogens with zero attached hydrogens (tertiary/aromatic N) is 4. The maximum atomic E-state index is 12.6. The average Bonchev–Trinajstić information content (AvgIpc) is 3.45. The van der Waals surface area contributed by atoms with Gasteiger partial charge in [-0.25, -0.2) is 4.68 Å². The number of hydrogen-bond donors (Lipinski definition) is 1. The van der Waals surface area contributed by atoms with Crippen LogP contribution >= 0.6 is 0 Å². The molecule has 1 amide bonds. The molecule has 7 heteroatoms. The Labute approximate surface area is 181 Å². The minimum absolute atomic E-state index is 0.230. The van der Waals surface area contributed by atoms with Crippen LogP contribution < -0.4 is 10.1 Å². The predicted molar refractivity (Wildman–Crippen MR) is 119 cm³/mol. The fourth-order valence-corrected chi connectivity index (χ4v) is 3.17. The molecule has 2 aromatic carbocycles. The third kappa shape index (κ3) is 5.39. The van der Waals surface area contributed by atoms with E-state index >= 15 is 0 Å². The van der Waals surface area contributed by atoms with E-state index in [2.05, 4.69) is 41.5 Å². The molecule has 0 fully saturated rings. The summed E-state index contributed by atoms with van der Waals surface area (Å²) in [6.45, 7) is 5.18. The van der Waals surface area contributed by atoms with Crippen molar-refractivity contribution in [1.29, 1.82) is 0 Å². The Balaban J connectivity index is 1.34. The lowest BCUT2D eigenvalue weighted by Crippen LogP contribution is -2.14. The van der Waals surface area contributed by atoms with Gasteiger partial charge in [0.15, 0.2) is 12.4 Å². The fourth-order valence-electron chi connectivity index (χ4n) is 3.17. The summed E-state index contributed by atoms with van der Waals surface area (Å²) < 4.78 is 9.19. The maximum absolute atomic E-state index is 12.6. The molecule has 0 aliphatic heterocycles. The highest BCUT2D eigenvalue weighted by Gasteiger charge is 2.11. The number of rotatable bonds is 8. The van der Waals surface area contributed by atoms with Gasteiger partial charge in [-0.15, -0.1) is 0 Å². The second-order valence-electron chi connectivity index (χ2n) is 7.60. The molecule has 1 N–H and O–H groups in total. The molecule has 0 atom stereocenters. The van der Waals surface area contributed by atoms with Gasteiger partial charge in [0.25, 0.3) is 5.91 Å². The van der Waals surface area contributed by atoms with Gasteiger partial charge >= 0.3 is 0 Å². The molecule has 4 aromatic rings. The van der Waals surface area contributed by atoms with E-state index < -0.39 is 0 Å². The summed E-state index contributed by atoms with van der Waals surface area (Å²) in [6, 6.07) is 19.3. The van der Waals surface area contributed by atoms with Crippen molar-refractivity contribution in [2.75, 3.05) is 5.32 Å². The molecule has 158 valence electrons. The largest absolute Gasteiger partial charge is 0.471 e. The molecule has 0 aliphatic rings. The summed E-state index contributed by atoms with van der Waals surface area (Å²) >= 11 is 0. The molecular formula is C24H25N5O2. The van der Waals surface area contributed by atoms with Gasteiger partial charge in [0.1, 0.15) is 5.75 Å². The minimum Gasteiger partial charge on any atom is -0.471 e. The van der Waals surface area contributed by atoms with Crippen LogP contribution in [0.25, 0.3) is 0 Å². The van der Waals surface area contributed by atoms with Gasteiger partial charge in [-0.1, -0.05) is 38.1 Å². The zero-order valence-corrected chi connectivity index (χ0v) is 17.6. The van der Waals surface area contributed by atoms with Gasteiger partial charge in [-0.2, -0.15) is 10.2 Å². The lowest BCUT2D eigenvalue weighted by atomic mass is 10.0. The van der Waals surface area contributed by atoms with Crippen LogP contribution in [0.5, 0.6) is 5.75 Å². The summed E-state index contributed by atoms with van der Waals surface area (Å²) in [5, 5.41) is 11.4. The molecule has 4 rings (SSSR count). The van der Waals surface area contributed by atoms with E-state index in [1.165, 1.54) is 5.56 Å². The van der Waals surface area contributed by atoms with E-state index in [9.17, 15) is 4.79 Å². The van der Waals surface area contributed by atoms with Crippen molar-refractivity contribution in [2.24, 2.45) is 0 Å². The van der Waals surface area contributed by atoms with Gasteiger partial charge in [0.05, 0.1) is 6.54 Å². The van der Waals surface area contributed by atoms with Crippen LogP contribution in [0.2, 0.25) is 0 Å². The number of aromatic nitrogens is 4. The average molecular weight is 415 g/mol. The standard InChI is InChI=1S/C24H25N5O2/c1-18(2)20-7-9-22(10-8-20)31-17-29-14-11-23(27-29)24(30)26-21-6-3-5-19(15-21)16-28-13-4-12-25-28/h3-15,18H,16-17H2,1-2H3,(H,26,30). The second-order valence-corrected chi connectivity index (χ2v) is 7.60. The number of hydrogen-bond acceptors (Lipinski definition) is 4. The Morgan fingerprint density at radius 1 is 1.03 bits per heavy atom. The maximum Gasteiger partial charge on any atom is 0.276 e. The van der Waals surface area contributed by atoms with E-state index in [1.54, 1.807) is 23.1 Å². The minimum atomic E-state index is -0.267. The van der Waals surface area contributed by atoms with Crippen LogP contribution in [-0.4, -0.2) is 25.5 Å². The van der Waals surface area contributed by atoms with Crippen LogP contribution in [0.1, 0.15) is 41.4 Å². The highest BCUT2D eigenvalue weighted by Crippen LogP contribution is 2.19. The summed E-state index contributed by atoms with van der Waals surface area (Å²) in [5.41, 5.74) is 3.35. The van der Waals surface area contributed by atoms with E-state index in [1.807, 2.05) is 53.3 Å². The molecule has 2 heterocycles. The Bertz CT molecular complexity index is 1130. The third-order valence-corrected chi connectivity index (χ3v) is 4.87. The molecule has 31 heavy (non-hydrogen) atoms. The molecular weight excluding hydrogens is 390 g/mol. The fraction of sp³-hybridized carbons (Fsp3) is 0.208. The van der Waals surface area contributed by atoms with E-state index in [4.69, 9.17) is 4.74 Å². The van der Waals surface area contributed by atoms with Gasteiger partial charge in [0.2, 0.25) is 0 Å². The van der Waals surface area contributed by atoms with Gasteiger partial charge in [-0.05, 0) is 53.4 Å². The number of carbonyl (C=O) groups excluding carboxylic acids is 1. The summed E-state index contributed by atoms with van der Waals surface area (Å²) in [5.74, 6) is 0.976. The Morgan fingerprint density at radius 3 is 2.61 bits per heavy atom. The first-order valence-corrected chi connectivity index (χ1v) is 10.2. The molecule has 0 unspecified atom stereocenters. The molecule has 7 nitrogen and oxygen atoms in total. The van der Waals surface area contributed by atoms with Crippen LogP contribution in [0.15, 0.2) is 79.3 Å². The van der Waals surface area contributed by atoms with Crippen molar-refractivity contribution in [1.82, 2.24) is 19.6 Å². The molecule has 0 saturated heterocycles. The highest BCUT2D eigenvalue weighted by molar-refractivity contribution is 6.02. The number of carbonyl (C=O) groups is 1. The Morgan fingerprint density at radius 2 is 1.87 bits per heavy atom. The SMILES string of the molecule is CC(C)c1ccc(OCn2ccc(C(=O)Nc3cccc(Cn4cccn4)c3)n2)cc1. The monoisotopic (exact) mass is 415 g/mol. The van der Waals surface area contributed by atoms with Gasteiger partial charge in [-0.3, -0.25) is 9.48 Å². The summed E-state index contributed by atoms with van der Waals surface area (Å²) in [7, 11) is 0. The van der Waals surface area contributed by atoms with E-state index in [0.717, 1.165) is 11.3 Å². The summed E-state index contributed by atoms with van der Waals surface area (Å²) in [6.07, 6.45) is 5.37.